The largest absolute Gasteiger partial charge is 0.339 e. The van der Waals surface area contributed by atoms with Crippen molar-refractivity contribution in [1.29, 1.82) is 0 Å². The van der Waals surface area contributed by atoms with E-state index in [4.69, 9.17) is 5.73 Å². The molecule has 2 unspecified atom stereocenters. The first-order chi connectivity index (χ1) is 7.60. The summed E-state index contributed by atoms with van der Waals surface area (Å²) < 4.78 is 0. The summed E-state index contributed by atoms with van der Waals surface area (Å²) in [6.45, 7) is 11.0. The minimum Gasteiger partial charge on any atom is -0.339 e. The lowest BCUT2D eigenvalue weighted by molar-refractivity contribution is -0.135. The smallest absolute Gasteiger partial charge is 0.239 e. The Morgan fingerprint density at radius 3 is 2.25 bits per heavy atom. The van der Waals surface area contributed by atoms with Gasteiger partial charge in [-0.3, -0.25) is 4.79 Å². The van der Waals surface area contributed by atoms with E-state index in [1.807, 2.05) is 11.8 Å². The molecule has 1 aliphatic heterocycles. The van der Waals surface area contributed by atoms with Crippen molar-refractivity contribution in [2.75, 3.05) is 32.7 Å². The molecule has 0 aromatic rings. The molecule has 94 valence electrons. The average molecular weight is 227 g/mol. The second-order valence-electron chi connectivity index (χ2n) is 4.67. The van der Waals surface area contributed by atoms with Gasteiger partial charge in [0.1, 0.15) is 0 Å². The number of amides is 1. The van der Waals surface area contributed by atoms with E-state index < -0.39 is 0 Å². The van der Waals surface area contributed by atoms with Gasteiger partial charge in [-0.2, -0.15) is 0 Å². The zero-order chi connectivity index (χ0) is 12.1. The van der Waals surface area contributed by atoms with Crippen molar-refractivity contribution in [3.8, 4) is 0 Å². The topological polar surface area (TPSA) is 49.6 Å². The molecule has 0 aliphatic carbocycles. The third-order valence-corrected chi connectivity index (χ3v) is 3.67. The minimum atomic E-state index is -0.321. The molecule has 1 aliphatic rings. The van der Waals surface area contributed by atoms with Crippen LogP contribution < -0.4 is 5.73 Å². The van der Waals surface area contributed by atoms with Gasteiger partial charge in [-0.1, -0.05) is 27.2 Å². The van der Waals surface area contributed by atoms with E-state index >= 15 is 0 Å². The van der Waals surface area contributed by atoms with Crippen molar-refractivity contribution in [2.45, 2.75) is 33.2 Å². The molecular weight excluding hydrogens is 202 g/mol. The maximum Gasteiger partial charge on any atom is 0.239 e. The Labute approximate surface area is 98.8 Å². The monoisotopic (exact) mass is 227 g/mol. The standard InChI is InChI=1S/C12H25N3O/c1-4-10(3)11(13)12(16)15-8-6-14(5-2)7-9-15/h10-11H,4-9,13H2,1-3H3. The molecule has 0 saturated carbocycles. The number of carbonyl (C=O) groups is 1. The summed E-state index contributed by atoms with van der Waals surface area (Å²) in [5.41, 5.74) is 5.96. The highest BCUT2D eigenvalue weighted by molar-refractivity contribution is 5.82. The van der Waals surface area contributed by atoms with Gasteiger partial charge in [-0.05, 0) is 12.5 Å². The second kappa shape index (κ2) is 6.21. The molecule has 0 radical (unpaired) electrons. The second-order valence-corrected chi connectivity index (χ2v) is 4.67. The Morgan fingerprint density at radius 2 is 1.81 bits per heavy atom. The molecule has 0 bridgehead atoms. The van der Waals surface area contributed by atoms with Crippen molar-refractivity contribution in [3.05, 3.63) is 0 Å². The third kappa shape index (κ3) is 3.19. The zero-order valence-electron chi connectivity index (χ0n) is 10.8. The van der Waals surface area contributed by atoms with E-state index in [-0.39, 0.29) is 17.9 Å². The van der Waals surface area contributed by atoms with E-state index in [1.165, 1.54) is 0 Å². The van der Waals surface area contributed by atoms with Gasteiger partial charge in [0, 0.05) is 26.2 Å². The first kappa shape index (κ1) is 13.5. The lowest BCUT2D eigenvalue weighted by Crippen LogP contribution is -2.54. The molecule has 16 heavy (non-hydrogen) atoms. The van der Waals surface area contributed by atoms with Gasteiger partial charge in [0.05, 0.1) is 6.04 Å². The molecule has 4 heteroatoms. The minimum absolute atomic E-state index is 0.130. The molecule has 2 atom stereocenters. The van der Waals surface area contributed by atoms with Crippen molar-refractivity contribution in [3.63, 3.8) is 0 Å². The number of rotatable bonds is 4. The van der Waals surface area contributed by atoms with E-state index in [9.17, 15) is 4.79 Å². The number of nitrogens with zero attached hydrogens (tertiary/aromatic N) is 2. The summed E-state index contributed by atoms with van der Waals surface area (Å²) >= 11 is 0. The molecule has 0 aromatic heterocycles. The molecule has 1 heterocycles. The number of hydrogen-bond acceptors (Lipinski definition) is 3. The van der Waals surface area contributed by atoms with Crippen LogP contribution in [0.15, 0.2) is 0 Å². The van der Waals surface area contributed by atoms with Crippen LogP contribution in [0.3, 0.4) is 0 Å². The first-order valence-electron chi connectivity index (χ1n) is 6.36. The third-order valence-electron chi connectivity index (χ3n) is 3.67. The summed E-state index contributed by atoms with van der Waals surface area (Å²) in [5, 5.41) is 0. The van der Waals surface area contributed by atoms with Crippen LogP contribution in [0.25, 0.3) is 0 Å². The molecule has 1 saturated heterocycles. The molecule has 1 amide bonds. The summed E-state index contributed by atoms with van der Waals surface area (Å²) in [6.07, 6.45) is 0.960. The van der Waals surface area contributed by atoms with Gasteiger partial charge in [0.25, 0.3) is 0 Å². The normalized spacial score (nSPS) is 21.9. The Bertz CT molecular complexity index is 224. The average Bonchev–Trinajstić information content (AvgIpc) is 2.36. The first-order valence-corrected chi connectivity index (χ1v) is 6.36. The van der Waals surface area contributed by atoms with Gasteiger partial charge in [0.15, 0.2) is 0 Å². The van der Waals surface area contributed by atoms with Crippen molar-refractivity contribution in [1.82, 2.24) is 9.80 Å². The predicted molar refractivity (Wildman–Crippen MR) is 66.1 cm³/mol. The number of carbonyl (C=O) groups excluding carboxylic acids is 1. The highest BCUT2D eigenvalue weighted by Crippen LogP contribution is 2.10. The quantitative estimate of drug-likeness (QED) is 0.762. The SMILES string of the molecule is CCC(C)C(N)C(=O)N1CCN(CC)CC1. The Morgan fingerprint density at radius 1 is 1.25 bits per heavy atom. The summed E-state index contributed by atoms with van der Waals surface area (Å²) in [5.74, 6) is 0.404. The van der Waals surface area contributed by atoms with Crippen LogP contribution in [-0.4, -0.2) is 54.5 Å². The molecule has 0 aromatic carbocycles. The highest BCUT2D eigenvalue weighted by Gasteiger charge is 2.27. The fraction of sp³-hybridized carbons (Fsp3) is 0.917. The van der Waals surface area contributed by atoms with Gasteiger partial charge in [-0.25, -0.2) is 0 Å². The fourth-order valence-corrected chi connectivity index (χ4v) is 1.99. The van der Waals surface area contributed by atoms with E-state index in [0.717, 1.165) is 39.1 Å². The van der Waals surface area contributed by atoms with Crippen LogP contribution >= 0.6 is 0 Å². The van der Waals surface area contributed by atoms with Crippen molar-refractivity contribution >= 4 is 5.91 Å². The van der Waals surface area contributed by atoms with Crippen LogP contribution in [-0.2, 0) is 4.79 Å². The maximum atomic E-state index is 12.1. The number of nitrogens with two attached hydrogens (primary N) is 1. The van der Waals surface area contributed by atoms with Crippen LogP contribution in [0.5, 0.6) is 0 Å². The summed E-state index contributed by atoms with van der Waals surface area (Å²) in [4.78, 5) is 16.4. The fourth-order valence-electron chi connectivity index (χ4n) is 1.99. The highest BCUT2D eigenvalue weighted by atomic mass is 16.2. The lowest BCUT2D eigenvalue weighted by Gasteiger charge is -2.36. The van der Waals surface area contributed by atoms with E-state index in [0.29, 0.717) is 0 Å². The molecule has 1 rings (SSSR count). The predicted octanol–water partition coefficient (Wildman–Crippen LogP) is 0.524. The molecule has 4 nitrogen and oxygen atoms in total. The van der Waals surface area contributed by atoms with Crippen molar-refractivity contribution in [2.24, 2.45) is 11.7 Å². The maximum absolute atomic E-state index is 12.1. The van der Waals surface area contributed by atoms with Crippen LogP contribution in [0.4, 0.5) is 0 Å². The molecule has 1 fully saturated rings. The van der Waals surface area contributed by atoms with Crippen LogP contribution in [0, 0.1) is 5.92 Å². The number of hydrogen-bond donors (Lipinski definition) is 1. The van der Waals surface area contributed by atoms with Gasteiger partial charge in [-0.15, -0.1) is 0 Å². The van der Waals surface area contributed by atoms with Crippen molar-refractivity contribution < 1.29 is 4.79 Å². The summed E-state index contributed by atoms with van der Waals surface area (Å²) in [7, 11) is 0. The zero-order valence-corrected chi connectivity index (χ0v) is 10.8. The van der Waals surface area contributed by atoms with Gasteiger partial charge < -0.3 is 15.5 Å². The molecule has 0 spiro atoms. The summed E-state index contributed by atoms with van der Waals surface area (Å²) in [6, 6.07) is -0.321. The van der Waals surface area contributed by atoms with Gasteiger partial charge >= 0.3 is 0 Å². The molecule has 2 N–H and O–H groups in total. The number of likely N-dealkylation sites (N-methyl/N-ethyl adjacent to an activating group) is 1. The van der Waals surface area contributed by atoms with Crippen LogP contribution in [0.1, 0.15) is 27.2 Å². The van der Waals surface area contributed by atoms with E-state index in [2.05, 4.69) is 18.7 Å². The van der Waals surface area contributed by atoms with Crippen LogP contribution in [0.2, 0.25) is 0 Å². The Kier molecular flexibility index (Phi) is 5.22. The van der Waals surface area contributed by atoms with E-state index in [1.54, 1.807) is 0 Å². The van der Waals surface area contributed by atoms with Gasteiger partial charge in [0.2, 0.25) is 5.91 Å². The Balaban J connectivity index is 2.44. The number of piperazine rings is 1. The lowest BCUT2D eigenvalue weighted by atomic mass is 9.98. The molecular formula is C12H25N3O. The Hall–Kier alpha value is -0.610.